The van der Waals surface area contributed by atoms with Crippen molar-refractivity contribution >= 4 is 35.5 Å². The van der Waals surface area contributed by atoms with E-state index in [0.29, 0.717) is 19.4 Å². The summed E-state index contributed by atoms with van der Waals surface area (Å²) in [5, 5.41) is 8.32. The minimum atomic E-state index is -1.11. The van der Waals surface area contributed by atoms with Crippen LogP contribution in [0.25, 0.3) is 0 Å². The smallest absolute Gasteiger partial charge is 0.329 e. The Morgan fingerprint density at radius 2 is 1.67 bits per heavy atom. The predicted octanol–water partition coefficient (Wildman–Crippen LogP) is 3.07. The Hall–Kier alpha value is -3.96. The number of likely N-dealkylation sites (tertiary alicyclic amines) is 1. The zero-order chi connectivity index (χ0) is 35.6. The molecule has 0 bridgehead atoms. The molecule has 1 unspecified atom stereocenters. The number of ketones is 1. The first-order valence-corrected chi connectivity index (χ1v) is 17.2. The molecule has 7 atom stereocenters. The number of rotatable bonds is 14. The van der Waals surface area contributed by atoms with Crippen LogP contribution in [0.1, 0.15) is 86.1 Å². The molecule has 3 aliphatic rings. The monoisotopic (exact) mass is 667 g/mol. The van der Waals surface area contributed by atoms with Gasteiger partial charge < -0.3 is 31.3 Å². The zero-order valence-electron chi connectivity index (χ0n) is 29.3. The van der Waals surface area contributed by atoms with Crippen LogP contribution in [0.15, 0.2) is 30.3 Å². The molecular weight excluding hydrogens is 614 g/mol. The van der Waals surface area contributed by atoms with Gasteiger partial charge in [-0.15, -0.1) is 0 Å². The van der Waals surface area contributed by atoms with Crippen molar-refractivity contribution in [1.29, 1.82) is 0 Å². The number of fused-ring (bicyclic) bond motifs is 1. The van der Waals surface area contributed by atoms with Crippen molar-refractivity contribution in [2.75, 3.05) is 6.54 Å². The maximum atomic E-state index is 14.3. The van der Waals surface area contributed by atoms with E-state index in [1.54, 1.807) is 0 Å². The maximum Gasteiger partial charge on any atom is 0.329 e. The Bertz CT molecular complexity index is 1390. The molecular formula is C36H53N5O7. The summed E-state index contributed by atoms with van der Waals surface area (Å²) in [6.45, 7) is 13.6. The van der Waals surface area contributed by atoms with Crippen molar-refractivity contribution in [3.8, 4) is 0 Å². The van der Waals surface area contributed by atoms with E-state index in [9.17, 15) is 28.8 Å². The lowest BCUT2D eigenvalue weighted by atomic mass is 9.80. The fourth-order valence-corrected chi connectivity index (χ4v) is 7.15. The topological polar surface area (TPSA) is 177 Å². The third-order valence-corrected chi connectivity index (χ3v) is 10.8. The zero-order valence-corrected chi connectivity index (χ0v) is 29.3. The van der Waals surface area contributed by atoms with Crippen LogP contribution in [0.3, 0.4) is 0 Å². The highest BCUT2D eigenvalue weighted by Gasteiger charge is 2.70. The van der Waals surface area contributed by atoms with Gasteiger partial charge in [0.15, 0.2) is 0 Å². The molecule has 1 saturated heterocycles. The van der Waals surface area contributed by atoms with Crippen LogP contribution < -0.4 is 21.7 Å². The number of ether oxygens (including phenoxy) is 1. The summed E-state index contributed by atoms with van der Waals surface area (Å²) in [6.07, 6.45) is 3.77. The molecule has 5 amide bonds. The van der Waals surface area contributed by atoms with Crippen LogP contribution >= 0.6 is 0 Å². The summed E-state index contributed by atoms with van der Waals surface area (Å²) in [6, 6.07) is 4.58. The number of nitrogens with two attached hydrogens (primary N) is 1. The van der Waals surface area contributed by atoms with E-state index in [1.165, 1.54) is 4.90 Å². The van der Waals surface area contributed by atoms with E-state index in [4.69, 9.17) is 10.5 Å². The van der Waals surface area contributed by atoms with Crippen LogP contribution in [0.2, 0.25) is 0 Å². The Kier molecular flexibility index (Phi) is 11.3. The number of esters is 1. The van der Waals surface area contributed by atoms with Crippen LogP contribution in [0.4, 0.5) is 4.79 Å². The largest absolute Gasteiger partial charge is 0.459 e. The van der Waals surface area contributed by atoms with Crippen molar-refractivity contribution in [3.05, 3.63) is 35.9 Å². The van der Waals surface area contributed by atoms with Crippen LogP contribution in [-0.4, -0.2) is 71.1 Å². The number of amides is 5. The molecule has 4 rings (SSSR count). The normalized spacial score (nSPS) is 23.7. The summed E-state index contributed by atoms with van der Waals surface area (Å²) in [7, 11) is 0. The molecule has 5 N–H and O–H groups in total. The summed E-state index contributed by atoms with van der Waals surface area (Å²) >= 11 is 0. The lowest BCUT2D eigenvalue weighted by molar-refractivity contribution is -0.148. The van der Waals surface area contributed by atoms with E-state index < -0.39 is 65.1 Å². The molecule has 1 heterocycles. The standard InChI is InChI=1S/C36H53N5O7/c1-8-20(2)26(33(46)48-19-22-13-10-9-11-14-22)39-34(47)40-29(35(3,4)5)32(45)41-18-23-25(36(23,6)7)27(41)31(44)38-24(28(42)30(37)43)17-21-15-12-16-21/h9-11,13-14,20-21,23-27,29H,8,12,15-19H2,1-7H3,(H2,37,43)(H,38,44)(H2,39,40,47)/t20-,23-,24?,25-,26-,27-,29+/m0/s1. The van der Waals surface area contributed by atoms with Gasteiger partial charge in [-0.25, -0.2) is 9.59 Å². The average molecular weight is 668 g/mol. The molecule has 2 saturated carbocycles. The lowest BCUT2D eigenvalue weighted by Crippen LogP contribution is -2.62. The third kappa shape index (κ3) is 8.18. The lowest BCUT2D eigenvalue weighted by Gasteiger charge is -2.38. The number of piperidine rings is 1. The molecule has 12 heteroatoms. The van der Waals surface area contributed by atoms with Gasteiger partial charge in [0.05, 0.1) is 6.04 Å². The Balaban J connectivity index is 1.49. The quantitative estimate of drug-likeness (QED) is 0.174. The molecule has 1 aliphatic heterocycles. The number of primary amides is 1. The second kappa shape index (κ2) is 14.7. The minimum Gasteiger partial charge on any atom is -0.459 e. The Morgan fingerprint density at radius 1 is 1.02 bits per heavy atom. The second-order valence-corrected chi connectivity index (χ2v) is 15.6. The number of benzene rings is 1. The first-order valence-electron chi connectivity index (χ1n) is 17.2. The van der Waals surface area contributed by atoms with Crippen molar-refractivity contribution in [2.24, 2.45) is 40.2 Å². The van der Waals surface area contributed by atoms with Gasteiger partial charge in [0.2, 0.25) is 17.6 Å². The number of carbonyl (C=O) groups excluding carboxylic acids is 6. The molecule has 12 nitrogen and oxygen atoms in total. The van der Waals surface area contributed by atoms with Gasteiger partial charge in [0.25, 0.3) is 5.91 Å². The first-order chi connectivity index (χ1) is 22.5. The molecule has 0 radical (unpaired) electrons. The predicted molar refractivity (Wildman–Crippen MR) is 179 cm³/mol. The van der Waals surface area contributed by atoms with Crippen molar-refractivity contribution in [1.82, 2.24) is 20.9 Å². The van der Waals surface area contributed by atoms with Gasteiger partial charge in [-0.1, -0.05) is 104 Å². The number of nitrogens with one attached hydrogen (secondary N) is 3. The number of urea groups is 1. The highest BCUT2D eigenvalue weighted by Crippen LogP contribution is 2.65. The first kappa shape index (κ1) is 36.9. The molecule has 1 aromatic carbocycles. The highest BCUT2D eigenvalue weighted by molar-refractivity contribution is 6.37. The molecule has 2 aliphatic carbocycles. The average Bonchev–Trinajstić information content (AvgIpc) is 3.32. The summed E-state index contributed by atoms with van der Waals surface area (Å²) in [4.78, 5) is 80.9. The van der Waals surface area contributed by atoms with Crippen LogP contribution in [0, 0.1) is 34.5 Å². The van der Waals surface area contributed by atoms with Gasteiger partial charge in [-0.3, -0.25) is 19.2 Å². The third-order valence-electron chi connectivity index (χ3n) is 10.8. The molecule has 0 spiro atoms. The Labute approximate surface area is 283 Å². The second-order valence-electron chi connectivity index (χ2n) is 15.6. The molecule has 3 fully saturated rings. The fraction of sp³-hybridized carbons (Fsp3) is 0.667. The molecule has 0 aromatic heterocycles. The molecule has 48 heavy (non-hydrogen) atoms. The fourth-order valence-electron chi connectivity index (χ4n) is 7.15. The van der Waals surface area contributed by atoms with Gasteiger partial charge >= 0.3 is 12.0 Å². The van der Waals surface area contributed by atoms with Crippen LogP contribution in [0.5, 0.6) is 0 Å². The number of hydrogen-bond acceptors (Lipinski definition) is 7. The van der Waals surface area contributed by atoms with E-state index in [0.717, 1.165) is 24.8 Å². The van der Waals surface area contributed by atoms with Crippen molar-refractivity contribution < 1.29 is 33.5 Å². The van der Waals surface area contributed by atoms with E-state index in [2.05, 4.69) is 16.0 Å². The van der Waals surface area contributed by atoms with E-state index >= 15 is 0 Å². The van der Waals surface area contributed by atoms with E-state index in [-0.39, 0.29) is 35.7 Å². The number of nitrogens with zero attached hydrogens (tertiary/aromatic N) is 1. The van der Waals surface area contributed by atoms with Gasteiger partial charge in [0, 0.05) is 6.54 Å². The van der Waals surface area contributed by atoms with E-state index in [1.807, 2.05) is 78.8 Å². The number of hydrogen-bond donors (Lipinski definition) is 4. The Morgan fingerprint density at radius 3 is 2.21 bits per heavy atom. The summed E-state index contributed by atoms with van der Waals surface area (Å²) in [5.74, 6) is -3.61. The SMILES string of the molecule is CC[C@H](C)[C@H](NC(=O)N[C@H](C(=O)N1C[C@H]2[C@@H]([C@H]1C(=O)NC(CC1CCC1)C(=O)C(N)=O)C2(C)C)C(C)(C)C)C(=O)OCc1ccccc1. The minimum absolute atomic E-state index is 0.0535. The highest BCUT2D eigenvalue weighted by atomic mass is 16.5. The number of carbonyl (C=O) groups is 6. The van der Waals surface area contributed by atoms with Crippen molar-refractivity contribution in [3.63, 3.8) is 0 Å². The summed E-state index contributed by atoms with van der Waals surface area (Å²) in [5.41, 5.74) is 5.17. The summed E-state index contributed by atoms with van der Waals surface area (Å²) < 4.78 is 5.54. The van der Waals surface area contributed by atoms with Gasteiger partial charge in [-0.05, 0) is 46.5 Å². The van der Waals surface area contributed by atoms with Gasteiger partial charge in [-0.2, -0.15) is 0 Å². The van der Waals surface area contributed by atoms with Crippen molar-refractivity contribution in [2.45, 2.75) is 111 Å². The van der Waals surface area contributed by atoms with Crippen LogP contribution in [-0.2, 0) is 35.3 Å². The number of Topliss-reactive ketones (excluding diaryl/α,β-unsaturated/α-hetero) is 1. The molecule has 1 aromatic rings. The molecule has 264 valence electrons. The maximum absolute atomic E-state index is 14.3. The van der Waals surface area contributed by atoms with Gasteiger partial charge in [0.1, 0.15) is 24.7 Å².